The molecule has 0 spiro atoms. The van der Waals surface area contributed by atoms with Gasteiger partial charge in [-0.05, 0) is 31.2 Å². The van der Waals surface area contributed by atoms with Gasteiger partial charge in [-0.15, -0.1) is 0 Å². The highest BCUT2D eigenvalue weighted by Crippen LogP contribution is 2.42. The molecule has 23 heavy (non-hydrogen) atoms. The lowest BCUT2D eigenvalue weighted by atomic mass is 9.67. The molecule has 3 rings (SSSR count). The molecule has 6 nitrogen and oxygen atoms in total. The number of rotatable bonds is 4. The van der Waals surface area contributed by atoms with Crippen molar-refractivity contribution in [3.8, 4) is 0 Å². The highest BCUT2D eigenvalue weighted by Gasteiger charge is 2.49. The Morgan fingerprint density at radius 3 is 1.70 bits per heavy atom. The molecule has 0 amide bonds. The molecule has 2 heterocycles. The maximum absolute atomic E-state index is 10.5. The maximum Gasteiger partial charge on any atom is 0.121 e. The first-order valence-corrected chi connectivity index (χ1v) is 8.44. The highest BCUT2D eigenvalue weighted by molar-refractivity contribution is 5.21. The smallest absolute Gasteiger partial charge is 0.121 e. The molecule has 0 radical (unpaired) electrons. The lowest BCUT2D eigenvalue weighted by molar-refractivity contribution is 0.00199. The lowest BCUT2D eigenvalue weighted by Crippen LogP contribution is -2.45. The first kappa shape index (κ1) is 16.8. The number of benzene rings is 1. The molecule has 1 aromatic carbocycles. The van der Waals surface area contributed by atoms with Crippen LogP contribution < -0.4 is 21.7 Å². The van der Waals surface area contributed by atoms with E-state index in [1.807, 2.05) is 18.2 Å². The summed E-state index contributed by atoms with van der Waals surface area (Å²) in [6.07, 6.45) is -1.25. The van der Waals surface area contributed by atoms with Crippen LogP contribution in [0.1, 0.15) is 32.3 Å². The molecule has 2 fully saturated rings. The molecule has 6 heteroatoms. The zero-order valence-electron chi connectivity index (χ0n) is 13.9. The molecular formula is C17H28N4O2. The molecular weight excluding hydrogens is 292 g/mol. The van der Waals surface area contributed by atoms with Crippen LogP contribution in [0.2, 0.25) is 0 Å². The van der Waals surface area contributed by atoms with Gasteiger partial charge < -0.3 is 10.2 Å². The van der Waals surface area contributed by atoms with Crippen LogP contribution >= 0.6 is 0 Å². The summed E-state index contributed by atoms with van der Waals surface area (Å²) in [5, 5.41) is 20.9. The van der Waals surface area contributed by atoms with Crippen molar-refractivity contribution in [1.29, 1.82) is 0 Å². The van der Waals surface area contributed by atoms with E-state index in [4.69, 9.17) is 0 Å². The fourth-order valence-corrected chi connectivity index (χ4v) is 4.36. The van der Waals surface area contributed by atoms with Crippen LogP contribution in [0.3, 0.4) is 0 Å². The fourth-order valence-electron chi connectivity index (χ4n) is 4.36. The first-order chi connectivity index (χ1) is 11.0. The number of nitrogens with one attached hydrogen (secondary N) is 4. The van der Waals surface area contributed by atoms with Crippen molar-refractivity contribution < 1.29 is 10.2 Å². The van der Waals surface area contributed by atoms with E-state index in [0.717, 1.165) is 0 Å². The minimum absolute atomic E-state index is 0.00834. The van der Waals surface area contributed by atoms with Gasteiger partial charge >= 0.3 is 0 Å². The Morgan fingerprint density at radius 1 is 0.826 bits per heavy atom. The van der Waals surface area contributed by atoms with Gasteiger partial charge in [-0.2, -0.15) is 0 Å². The third kappa shape index (κ3) is 3.15. The molecule has 2 aliphatic heterocycles. The number of hydrogen-bond acceptors (Lipinski definition) is 6. The molecule has 0 bridgehead atoms. The first-order valence-electron chi connectivity index (χ1n) is 8.44. The van der Waals surface area contributed by atoms with E-state index in [9.17, 15) is 10.2 Å². The summed E-state index contributed by atoms with van der Waals surface area (Å²) in [5.74, 6) is 0.337. The standard InChI is InChI=1S/C17H28N4O2/c1-9(12-7-5-4-6-8-12)13(14-10(2)18-20-16(14)22)15-11(3)19-21-17(15)23/h4-11,13-23H,1-3H3. The number of hydrogen-bond donors (Lipinski definition) is 6. The Balaban J connectivity index is 1.96. The topological polar surface area (TPSA) is 88.6 Å². The summed E-state index contributed by atoms with van der Waals surface area (Å²) in [5.41, 5.74) is 13.4. The summed E-state index contributed by atoms with van der Waals surface area (Å²) in [6.45, 7) is 6.34. The van der Waals surface area contributed by atoms with Gasteiger partial charge in [0.2, 0.25) is 0 Å². The average molecular weight is 320 g/mol. The number of aliphatic hydroxyl groups excluding tert-OH is 2. The summed E-state index contributed by atoms with van der Waals surface area (Å²) in [6, 6.07) is 10.6. The predicted octanol–water partition coefficient (Wildman–Crippen LogP) is 0.268. The van der Waals surface area contributed by atoms with Gasteiger partial charge in [0.05, 0.1) is 0 Å². The van der Waals surface area contributed by atoms with Crippen molar-refractivity contribution in [2.45, 2.75) is 51.2 Å². The lowest BCUT2D eigenvalue weighted by Gasteiger charge is -2.39. The van der Waals surface area contributed by atoms with Crippen LogP contribution in [0.4, 0.5) is 0 Å². The monoisotopic (exact) mass is 320 g/mol. The summed E-state index contributed by atoms with van der Waals surface area (Å²) in [7, 11) is 0. The van der Waals surface area contributed by atoms with E-state index >= 15 is 0 Å². The zero-order chi connectivity index (χ0) is 16.6. The summed E-state index contributed by atoms with van der Waals surface area (Å²) >= 11 is 0. The molecule has 0 saturated carbocycles. The average Bonchev–Trinajstić information content (AvgIpc) is 3.05. The molecule has 1 aromatic rings. The largest absolute Gasteiger partial charge is 0.377 e. The van der Waals surface area contributed by atoms with Crippen LogP contribution in [-0.2, 0) is 0 Å². The molecule has 6 N–H and O–H groups in total. The Morgan fingerprint density at radius 2 is 1.30 bits per heavy atom. The SMILES string of the molecule is CC1NNC(O)C1C(C(C)c1ccccc1)C1C(C)NNC1O. The van der Waals surface area contributed by atoms with Gasteiger partial charge in [-0.25, -0.2) is 10.9 Å². The zero-order valence-corrected chi connectivity index (χ0v) is 13.9. The minimum Gasteiger partial charge on any atom is -0.377 e. The number of aliphatic hydroxyl groups is 2. The molecule has 0 aliphatic carbocycles. The Hall–Kier alpha value is -1.02. The van der Waals surface area contributed by atoms with Crippen molar-refractivity contribution in [3.63, 3.8) is 0 Å². The second kappa shape index (κ2) is 6.84. The van der Waals surface area contributed by atoms with E-state index in [0.29, 0.717) is 0 Å². The van der Waals surface area contributed by atoms with Crippen LogP contribution in [0.25, 0.3) is 0 Å². The molecule has 128 valence electrons. The third-order valence-corrected chi connectivity index (χ3v) is 5.59. The van der Waals surface area contributed by atoms with Crippen molar-refractivity contribution in [3.05, 3.63) is 35.9 Å². The minimum atomic E-state index is -0.624. The molecule has 0 aromatic heterocycles. The van der Waals surface area contributed by atoms with E-state index in [2.05, 4.69) is 54.6 Å². The van der Waals surface area contributed by atoms with E-state index < -0.39 is 12.5 Å². The quantitative estimate of drug-likeness (QED) is 0.477. The molecule has 7 unspecified atom stereocenters. The molecule has 2 aliphatic rings. The summed E-state index contributed by atoms with van der Waals surface area (Å²) in [4.78, 5) is 0. The second-order valence-electron chi connectivity index (χ2n) is 6.98. The molecule has 2 saturated heterocycles. The normalized spacial score (nSPS) is 40.2. The van der Waals surface area contributed by atoms with Crippen molar-refractivity contribution in [2.75, 3.05) is 0 Å². The molecule has 7 atom stereocenters. The Labute approximate surface area is 137 Å². The van der Waals surface area contributed by atoms with Crippen LogP contribution in [0, 0.1) is 17.8 Å². The van der Waals surface area contributed by atoms with Crippen molar-refractivity contribution >= 4 is 0 Å². The Kier molecular flexibility index (Phi) is 5.01. The van der Waals surface area contributed by atoms with Gasteiger partial charge in [0.1, 0.15) is 12.5 Å². The van der Waals surface area contributed by atoms with Gasteiger partial charge in [0, 0.05) is 23.9 Å². The fraction of sp³-hybridized carbons (Fsp3) is 0.647. The highest BCUT2D eigenvalue weighted by atomic mass is 16.3. The second-order valence-corrected chi connectivity index (χ2v) is 6.98. The van der Waals surface area contributed by atoms with Crippen molar-refractivity contribution in [2.24, 2.45) is 17.8 Å². The van der Waals surface area contributed by atoms with Gasteiger partial charge in [-0.1, -0.05) is 37.3 Å². The van der Waals surface area contributed by atoms with E-state index in [1.165, 1.54) is 5.56 Å². The Bertz CT molecular complexity index is 471. The summed E-state index contributed by atoms with van der Waals surface area (Å²) < 4.78 is 0. The van der Waals surface area contributed by atoms with E-state index in [1.54, 1.807) is 0 Å². The third-order valence-electron chi connectivity index (χ3n) is 5.59. The predicted molar refractivity (Wildman–Crippen MR) is 88.8 cm³/mol. The number of hydrazine groups is 2. The van der Waals surface area contributed by atoms with Crippen molar-refractivity contribution in [1.82, 2.24) is 21.7 Å². The van der Waals surface area contributed by atoms with Gasteiger partial charge in [0.25, 0.3) is 0 Å². The van der Waals surface area contributed by atoms with Crippen LogP contribution in [0.5, 0.6) is 0 Å². The van der Waals surface area contributed by atoms with E-state index in [-0.39, 0.29) is 35.8 Å². The van der Waals surface area contributed by atoms with Crippen LogP contribution in [0.15, 0.2) is 30.3 Å². The van der Waals surface area contributed by atoms with Gasteiger partial charge in [-0.3, -0.25) is 10.9 Å². The van der Waals surface area contributed by atoms with Gasteiger partial charge in [0.15, 0.2) is 0 Å². The maximum atomic E-state index is 10.5. The van der Waals surface area contributed by atoms with Crippen LogP contribution in [-0.4, -0.2) is 34.8 Å².